The summed E-state index contributed by atoms with van der Waals surface area (Å²) in [7, 11) is 0. The van der Waals surface area contributed by atoms with Crippen LogP contribution in [0, 0.1) is 0 Å². The number of halogens is 2. The Balaban J connectivity index is 2.51. The third-order valence-electron chi connectivity index (χ3n) is 4.27. The molecule has 2 aliphatic carbocycles. The lowest BCUT2D eigenvalue weighted by atomic mass is 9.90. The Morgan fingerprint density at radius 1 is 0.600 bits per heavy atom. The highest BCUT2D eigenvalue weighted by Crippen LogP contribution is 2.37. The Bertz CT molecular complexity index is 431. The molecule has 0 aromatic rings. The highest BCUT2D eigenvalue weighted by molar-refractivity contribution is 6.68. The first kappa shape index (κ1) is 15.8. The molecule has 0 aliphatic heterocycles. The van der Waals surface area contributed by atoms with Crippen LogP contribution in [0.5, 0.6) is 0 Å². The molecule has 0 radical (unpaired) electrons. The first-order chi connectivity index (χ1) is 9.61. The van der Waals surface area contributed by atoms with Crippen molar-refractivity contribution < 1.29 is 9.59 Å². The van der Waals surface area contributed by atoms with Crippen LogP contribution in [-0.2, 0) is 9.59 Å². The zero-order chi connectivity index (χ0) is 14.5. The minimum absolute atomic E-state index is 0.361. The van der Waals surface area contributed by atoms with Gasteiger partial charge in [0.05, 0.1) is 0 Å². The van der Waals surface area contributed by atoms with Gasteiger partial charge < -0.3 is 0 Å². The van der Waals surface area contributed by atoms with E-state index in [2.05, 4.69) is 0 Å². The van der Waals surface area contributed by atoms with E-state index in [0.29, 0.717) is 0 Å². The zero-order valence-corrected chi connectivity index (χ0v) is 13.2. The van der Waals surface area contributed by atoms with Gasteiger partial charge in [0.15, 0.2) is 0 Å². The predicted molar refractivity (Wildman–Crippen MR) is 81.9 cm³/mol. The molecule has 0 bridgehead atoms. The van der Waals surface area contributed by atoms with Crippen LogP contribution in [0.4, 0.5) is 0 Å². The fourth-order valence-electron chi connectivity index (χ4n) is 3.26. The highest BCUT2D eigenvalue weighted by atomic mass is 35.5. The van der Waals surface area contributed by atoms with Crippen molar-refractivity contribution in [3.8, 4) is 0 Å². The summed E-state index contributed by atoms with van der Waals surface area (Å²) in [5.41, 5.74) is 3.48. The van der Waals surface area contributed by atoms with Crippen molar-refractivity contribution in [2.24, 2.45) is 0 Å². The maximum Gasteiger partial charge on any atom is 0.248 e. The van der Waals surface area contributed by atoms with Crippen molar-refractivity contribution >= 4 is 33.7 Å². The average Bonchev–Trinajstić information content (AvgIpc) is 2.78. The third-order valence-corrected chi connectivity index (χ3v) is 4.73. The second-order valence-electron chi connectivity index (χ2n) is 5.58. The van der Waals surface area contributed by atoms with Gasteiger partial charge in [-0.3, -0.25) is 9.59 Å². The summed E-state index contributed by atoms with van der Waals surface area (Å²) in [6.45, 7) is 0. The summed E-state index contributed by atoms with van der Waals surface area (Å²) in [6, 6.07) is 0. The Morgan fingerprint density at radius 2 is 0.950 bits per heavy atom. The number of hydrogen-bond acceptors (Lipinski definition) is 2. The first-order valence-corrected chi connectivity index (χ1v) is 8.21. The van der Waals surface area contributed by atoms with E-state index in [-0.39, 0.29) is 10.5 Å². The van der Waals surface area contributed by atoms with Gasteiger partial charge in [-0.05, 0) is 85.7 Å². The lowest BCUT2D eigenvalue weighted by Gasteiger charge is -2.16. The Morgan fingerprint density at radius 3 is 1.30 bits per heavy atom. The maximum absolute atomic E-state index is 11.7. The molecule has 0 aromatic carbocycles. The average molecular weight is 315 g/mol. The minimum Gasteiger partial charge on any atom is -0.276 e. The lowest BCUT2D eigenvalue weighted by molar-refractivity contribution is -0.109. The summed E-state index contributed by atoms with van der Waals surface area (Å²) in [5, 5.41) is -0.722. The van der Waals surface area contributed by atoms with Crippen molar-refractivity contribution in [2.75, 3.05) is 0 Å². The molecule has 0 unspecified atom stereocenters. The molecular formula is C16H20Cl2O2. The molecule has 2 rings (SSSR count). The van der Waals surface area contributed by atoms with Crippen molar-refractivity contribution in [3.05, 3.63) is 22.3 Å². The summed E-state index contributed by atoms with van der Waals surface area (Å²) in [4.78, 5) is 23.5. The number of rotatable bonds is 3. The molecular weight excluding hydrogens is 295 g/mol. The van der Waals surface area contributed by atoms with Gasteiger partial charge >= 0.3 is 0 Å². The molecule has 0 spiro atoms. The minimum atomic E-state index is -0.361. The number of allylic oxidation sites excluding steroid dienone is 4. The van der Waals surface area contributed by atoms with E-state index in [0.717, 1.165) is 86.5 Å². The van der Waals surface area contributed by atoms with Crippen LogP contribution >= 0.6 is 23.2 Å². The van der Waals surface area contributed by atoms with E-state index in [1.165, 1.54) is 0 Å². The normalized spacial score (nSPS) is 21.5. The molecule has 4 heteroatoms. The van der Waals surface area contributed by atoms with Gasteiger partial charge in [-0.15, -0.1) is 0 Å². The lowest BCUT2D eigenvalue weighted by Crippen LogP contribution is -2.06. The van der Waals surface area contributed by atoms with Crippen molar-refractivity contribution in [2.45, 2.75) is 64.2 Å². The molecule has 110 valence electrons. The molecule has 0 aromatic heterocycles. The topological polar surface area (TPSA) is 34.1 Å². The van der Waals surface area contributed by atoms with Crippen LogP contribution in [0.1, 0.15) is 64.2 Å². The molecule has 0 N–H and O–H groups in total. The number of hydrogen-bond donors (Lipinski definition) is 0. The van der Waals surface area contributed by atoms with Crippen LogP contribution in [-0.4, -0.2) is 10.5 Å². The summed E-state index contributed by atoms with van der Waals surface area (Å²) in [5.74, 6) is 0. The van der Waals surface area contributed by atoms with Crippen molar-refractivity contribution in [1.29, 1.82) is 0 Å². The van der Waals surface area contributed by atoms with E-state index in [1.807, 2.05) is 0 Å². The highest BCUT2D eigenvalue weighted by Gasteiger charge is 2.24. The van der Waals surface area contributed by atoms with Gasteiger partial charge in [0, 0.05) is 11.1 Å². The van der Waals surface area contributed by atoms with Gasteiger partial charge in [0.25, 0.3) is 0 Å². The van der Waals surface area contributed by atoms with E-state index in [1.54, 1.807) is 0 Å². The van der Waals surface area contributed by atoms with Gasteiger partial charge in [0.2, 0.25) is 10.5 Å². The molecule has 0 heterocycles. The largest absolute Gasteiger partial charge is 0.276 e. The molecule has 0 amide bonds. The maximum atomic E-state index is 11.7. The fraction of sp³-hybridized carbons (Fsp3) is 0.625. The van der Waals surface area contributed by atoms with E-state index in [9.17, 15) is 9.59 Å². The van der Waals surface area contributed by atoms with Crippen LogP contribution < -0.4 is 0 Å². The van der Waals surface area contributed by atoms with Crippen LogP contribution in [0.25, 0.3) is 0 Å². The molecule has 2 aliphatic rings. The van der Waals surface area contributed by atoms with Crippen LogP contribution in [0.3, 0.4) is 0 Å². The SMILES string of the molecule is O=C(Cl)C1=C(C2=C(C(=O)Cl)CCCCC2)CCCCC1. The van der Waals surface area contributed by atoms with E-state index >= 15 is 0 Å². The summed E-state index contributed by atoms with van der Waals surface area (Å²) < 4.78 is 0. The van der Waals surface area contributed by atoms with Crippen molar-refractivity contribution in [3.63, 3.8) is 0 Å². The molecule has 0 fully saturated rings. The smallest absolute Gasteiger partial charge is 0.248 e. The second-order valence-corrected chi connectivity index (χ2v) is 6.27. The zero-order valence-electron chi connectivity index (χ0n) is 11.6. The first-order valence-electron chi connectivity index (χ1n) is 7.45. The monoisotopic (exact) mass is 314 g/mol. The van der Waals surface area contributed by atoms with Crippen molar-refractivity contribution in [1.82, 2.24) is 0 Å². The molecule has 0 saturated heterocycles. The van der Waals surface area contributed by atoms with Gasteiger partial charge in [-0.25, -0.2) is 0 Å². The quantitative estimate of drug-likeness (QED) is 0.684. The Hall–Kier alpha value is -0.600. The predicted octanol–water partition coefficient (Wildman–Crippen LogP) is 5.04. The number of carbonyl (C=O) groups is 2. The number of carbonyl (C=O) groups excluding carboxylic acids is 2. The van der Waals surface area contributed by atoms with Gasteiger partial charge in [-0.1, -0.05) is 12.8 Å². The second kappa shape index (κ2) is 7.42. The molecule has 0 saturated carbocycles. The van der Waals surface area contributed by atoms with Crippen LogP contribution in [0.2, 0.25) is 0 Å². The Labute approximate surface area is 130 Å². The van der Waals surface area contributed by atoms with E-state index < -0.39 is 0 Å². The van der Waals surface area contributed by atoms with Gasteiger partial charge in [0.1, 0.15) is 0 Å². The van der Waals surface area contributed by atoms with Gasteiger partial charge in [-0.2, -0.15) is 0 Å². The third kappa shape index (κ3) is 3.73. The van der Waals surface area contributed by atoms with Crippen LogP contribution in [0.15, 0.2) is 22.3 Å². The molecule has 20 heavy (non-hydrogen) atoms. The summed E-state index contributed by atoms with van der Waals surface area (Å²) in [6.07, 6.45) is 9.45. The molecule has 0 atom stereocenters. The molecule has 2 nitrogen and oxygen atoms in total. The fourth-order valence-corrected chi connectivity index (χ4v) is 3.68. The standard InChI is InChI=1S/C16H20Cl2O2/c17-15(19)13-9-5-1-3-7-11(13)12-8-4-2-6-10-14(12)16(18)20/h1-10H2. The summed E-state index contributed by atoms with van der Waals surface area (Å²) >= 11 is 11.5. The Kier molecular flexibility index (Phi) is 5.86. The van der Waals surface area contributed by atoms with E-state index in [4.69, 9.17) is 23.2 Å².